The maximum absolute atomic E-state index is 13.2. The monoisotopic (exact) mass is 256 g/mol. The number of benzene rings is 1. The van der Waals surface area contributed by atoms with Crippen LogP contribution in [0.25, 0.3) is 0 Å². The second kappa shape index (κ2) is 5.05. The van der Waals surface area contributed by atoms with Crippen LogP contribution in [0.3, 0.4) is 0 Å². The molecule has 0 spiro atoms. The Morgan fingerprint density at radius 2 is 2.00 bits per heavy atom. The average Bonchev–Trinajstić information content (AvgIpc) is 2.30. The molecule has 0 radical (unpaired) electrons. The van der Waals surface area contributed by atoms with E-state index in [-0.39, 0.29) is 17.5 Å². The summed E-state index contributed by atoms with van der Waals surface area (Å²) >= 11 is 5.56. The minimum Gasteiger partial charge on any atom is -0.484 e. The largest absolute Gasteiger partial charge is 0.484 e. The van der Waals surface area contributed by atoms with Gasteiger partial charge in [-0.1, -0.05) is 11.6 Å². The number of halogens is 3. The Bertz CT molecular complexity index is 519. The fraction of sp³-hybridized carbons (Fsp3) is 0.0909. The summed E-state index contributed by atoms with van der Waals surface area (Å²) in [4.78, 5) is 7.72. The minimum absolute atomic E-state index is 0.0344. The van der Waals surface area contributed by atoms with Crippen molar-refractivity contribution < 1.29 is 13.5 Å². The standard InChI is InChI=1S/C11H7ClF2N2O/c12-11-5-15-8(4-16-11)6-17-10-2-1-7(13)3-9(10)14/h1-5H,6H2. The van der Waals surface area contributed by atoms with E-state index >= 15 is 0 Å². The summed E-state index contributed by atoms with van der Waals surface area (Å²) in [5.74, 6) is -1.45. The molecule has 1 aromatic heterocycles. The van der Waals surface area contributed by atoms with Crippen molar-refractivity contribution in [3.05, 3.63) is 53.1 Å². The van der Waals surface area contributed by atoms with Crippen molar-refractivity contribution in [1.29, 1.82) is 0 Å². The van der Waals surface area contributed by atoms with Gasteiger partial charge in [0.15, 0.2) is 11.6 Å². The maximum atomic E-state index is 13.2. The zero-order valence-electron chi connectivity index (χ0n) is 8.53. The van der Waals surface area contributed by atoms with Crippen molar-refractivity contribution in [2.24, 2.45) is 0 Å². The molecule has 3 nitrogen and oxygen atoms in total. The van der Waals surface area contributed by atoms with Crippen LogP contribution in [-0.2, 0) is 6.61 Å². The quantitative estimate of drug-likeness (QED) is 0.847. The van der Waals surface area contributed by atoms with E-state index in [1.54, 1.807) is 0 Å². The first-order valence-corrected chi connectivity index (χ1v) is 5.07. The van der Waals surface area contributed by atoms with Crippen molar-refractivity contribution in [2.75, 3.05) is 0 Å². The molecule has 2 aromatic rings. The van der Waals surface area contributed by atoms with Crippen LogP contribution in [-0.4, -0.2) is 9.97 Å². The Hall–Kier alpha value is -1.75. The zero-order valence-corrected chi connectivity index (χ0v) is 9.29. The Morgan fingerprint density at radius 1 is 1.18 bits per heavy atom. The van der Waals surface area contributed by atoms with Gasteiger partial charge in [0.25, 0.3) is 0 Å². The van der Waals surface area contributed by atoms with Crippen LogP contribution in [0.5, 0.6) is 5.75 Å². The van der Waals surface area contributed by atoms with Crippen molar-refractivity contribution in [3.63, 3.8) is 0 Å². The van der Waals surface area contributed by atoms with Gasteiger partial charge in [-0.25, -0.2) is 13.8 Å². The van der Waals surface area contributed by atoms with E-state index in [2.05, 4.69) is 9.97 Å². The summed E-state index contributed by atoms with van der Waals surface area (Å²) in [5.41, 5.74) is 0.498. The highest BCUT2D eigenvalue weighted by Crippen LogP contribution is 2.18. The van der Waals surface area contributed by atoms with Crippen molar-refractivity contribution in [2.45, 2.75) is 6.61 Å². The molecule has 0 atom stereocenters. The first kappa shape index (κ1) is 11.7. The first-order valence-electron chi connectivity index (χ1n) is 4.69. The van der Waals surface area contributed by atoms with Crippen LogP contribution in [0.4, 0.5) is 8.78 Å². The van der Waals surface area contributed by atoms with E-state index in [9.17, 15) is 8.78 Å². The minimum atomic E-state index is -0.757. The molecule has 88 valence electrons. The lowest BCUT2D eigenvalue weighted by Crippen LogP contribution is -2.00. The predicted octanol–water partition coefficient (Wildman–Crippen LogP) is 2.99. The Morgan fingerprint density at radius 3 is 2.65 bits per heavy atom. The Balaban J connectivity index is 2.04. The van der Waals surface area contributed by atoms with E-state index in [1.165, 1.54) is 18.5 Å². The molecule has 0 amide bonds. The summed E-state index contributed by atoms with van der Waals surface area (Å²) in [5, 5.41) is 0.265. The third kappa shape index (κ3) is 3.10. The molecule has 0 fully saturated rings. The topological polar surface area (TPSA) is 35.0 Å². The Kier molecular flexibility index (Phi) is 3.49. The molecular weight excluding hydrogens is 250 g/mol. The number of hydrogen-bond acceptors (Lipinski definition) is 3. The molecule has 2 rings (SSSR count). The van der Waals surface area contributed by atoms with Gasteiger partial charge in [-0.2, -0.15) is 0 Å². The van der Waals surface area contributed by atoms with E-state index < -0.39 is 11.6 Å². The van der Waals surface area contributed by atoms with Crippen LogP contribution < -0.4 is 4.74 Å². The van der Waals surface area contributed by atoms with E-state index in [0.717, 1.165) is 12.1 Å². The molecule has 0 bridgehead atoms. The number of ether oxygens (including phenoxy) is 1. The fourth-order valence-corrected chi connectivity index (χ4v) is 1.26. The molecule has 0 saturated heterocycles. The molecule has 0 aliphatic rings. The van der Waals surface area contributed by atoms with Crippen LogP contribution in [0.1, 0.15) is 5.69 Å². The van der Waals surface area contributed by atoms with Crippen molar-refractivity contribution >= 4 is 11.6 Å². The average molecular weight is 257 g/mol. The van der Waals surface area contributed by atoms with Crippen LogP contribution in [0.15, 0.2) is 30.6 Å². The molecular formula is C11H7ClF2N2O. The fourth-order valence-electron chi connectivity index (χ4n) is 1.16. The van der Waals surface area contributed by atoms with E-state index in [0.29, 0.717) is 5.69 Å². The zero-order chi connectivity index (χ0) is 12.3. The smallest absolute Gasteiger partial charge is 0.167 e. The second-order valence-corrected chi connectivity index (χ2v) is 3.58. The lowest BCUT2D eigenvalue weighted by molar-refractivity contribution is 0.284. The molecule has 0 aliphatic heterocycles. The highest BCUT2D eigenvalue weighted by molar-refractivity contribution is 6.29. The van der Waals surface area contributed by atoms with Gasteiger partial charge in [0.1, 0.15) is 17.6 Å². The van der Waals surface area contributed by atoms with E-state index in [4.69, 9.17) is 16.3 Å². The summed E-state index contributed by atoms with van der Waals surface area (Å²) in [6.07, 6.45) is 2.78. The number of nitrogens with zero attached hydrogens (tertiary/aromatic N) is 2. The lowest BCUT2D eigenvalue weighted by atomic mass is 10.3. The Labute approximate surface area is 101 Å². The van der Waals surface area contributed by atoms with Gasteiger partial charge in [0, 0.05) is 6.07 Å². The molecule has 0 unspecified atom stereocenters. The highest BCUT2D eigenvalue weighted by Gasteiger charge is 2.05. The highest BCUT2D eigenvalue weighted by atomic mass is 35.5. The van der Waals surface area contributed by atoms with Crippen molar-refractivity contribution in [1.82, 2.24) is 9.97 Å². The third-order valence-electron chi connectivity index (χ3n) is 1.94. The first-order chi connectivity index (χ1) is 8.15. The maximum Gasteiger partial charge on any atom is 0.167 e. The molecule has 0 N–H and O–H groups in total. The number of rotatable bonds is 3. The van der Waals surface area contributed by atoms with Crippen LogP contribution in [0.2, 0.25) is 5.15 Å². The molecule has 17 heavy (non-hydrogen) atoms. The van der Waals surface area contributed by atoms with Gasteiger partial charge < -0.3 is 4.74 Å². The number of hydrogen-bond donors (Lipinski definition) is 0. The molecule has 0 saturated carbocycles. The van der Waals surface area contributed by atoms with Gasteiger partial charge in [-0.05, 0) is 12.1 Å². The summed E-state index contributed by atoms with van der Waals surface area (Å²) < 4.78 is 30.9. The van der Waals surface area contributed by atoms with Gasteiger partial charge in [-0.15, -0.1) is 0 Å². The second-order valence-electron chi connectivity index (χ2n) is 3.19. The molecule has 0 aliphatic carbocycles. The van der Waals surface area contributed by atoms with Crippen LogP contribution >= 0.6 is 11.6 Å². The SMILES string of the molecule is Fc1ccc(OCc2cnc(Cl)cn2)c(F)c1. The van der Waals surface area contributed by atoms with E-state index in [1.807, 2.05) is 0 Å². The molecule has 1 heterocycles. The normalized spacial score (nSPS) is 10.3. The van der Waals surface area contributed by atoms with Gasteiger partial charge in [-0.3, -0.25) is 4.98 Å². The van der Waals surface area contributed by atoms with Crippen LogP contribution in [0, 0.1) is 11.6 Å². The number of aromatic nitrogens is 2. The van der Waals surface area contributed by atoms with Gasteiger partial charge >= 0.3 is 0 Å². The predicted molar refractivity (Wildman–Crippen MR) is 57.7 cm³/mol. The lowest BCUT2D eigenvalue weighted by Gasteiger charge is -2.06. The van der Waals surface area contributed by atoms with Crippen molar-refractivity contribution in [3.8, 4) is 5.75 Å². The third-order valence-corrected chi connectivity index (χ3v) is 2.14. The summed E-state index contributed by atoms with van der Waals surface area (Å²) in [7, 11) is 0. The molecule has 1 aromatic carbocycles. The molecule has 6 heteroatoms. The van der Waals surface area contributed by atoms with Gasteiger partial charge in [0.2, 0.25) is 0 Å². The van der Waals surface area contributed by atoms with Gasteiger partial charge in [0.05, 0.1) is 18.1 Å². The summed E-state index contributed by atoms with van der Waals surface area (Å²) in [6, 6.07) is 3.09. The summed E-state index contributed by atoms with van der Waals surface area (Å²) in [6.45, 7) is 0.0344.